The van der Waals surface area contributed by atoms with E-state index in [1.54, 1.807) is 7.05 Å². The van der Waals surface area contributed by atoms with Gasteiger partial charge in [0.15, 0.2) is 0 Å². The lowest BCUT2D eigenvalue weighted by molar-refractivity contribution is 0.0968. The van der Waals surface area contributed by atoms with E-state index in [1.165, 1.54) is 11.3 Å². The minimum Gasteiger partial charge on any atom is -0.397 e. The van der Waals surface area contributed by atoms with Crippen LogP contribution in [0.15, 0.2) is 6.07 Å². The zero-order valence-corrected chi connectivity index (χ0v) is 13.3. The number of nitrogen functional groups attached to an aromatic ring is 1. The van der Waals surface area contributed by atoms with Crippen molar-refractivity contribution in [3.05, 3.63) is 10.9 Å². The van der Waals surface area contributed by atoms with Crippen molar-refractivity contribution in [1.29, 1.82) is 0 Å². The van der Waals surface area contributed by atoms with Gasteiger partial charge in [0.25, 0.3) is 5.91 Å². The zero-order chi connectivity index (χ0) is 14.7. The van der Waals surface area contributed by atoms with Gasteiger partial charge < -0.3 is 20.9 Å². The molecule has 0 saturated carbocycles. The average Bonchev–Trinajstić information content (AvgIpc) is 2.71. The lowest BCUT2D eigenvalue weighted by Gasteiger charge is -2.30. The highest BCUT2D eigenvalue weighted by atomic mass is 32.1. The van der Waals surface area contributed by atoms with Gasteiger partial charge in [-0.05, 0) is 32.5 Å². The van der Waals surface area contributed by atoms with E-state index in [4.69, 9.17) is 5.73 Å². The van der Waals surface area contributed by atoms with Gasteiger partial charge in [0.2, 0.25) is 0 Å². The standard InChI is InChI=1S/C14H24N4OS/c1-4-10-9-17(3)6-5-7-18(10)12-8-11(15)13(20-12)14(19)16-2/h8,10H,4-7,9,15H2,1-3H3,(H,16,19). The minimum atomic E-state index is -0.0984. The van der Waals surface area contributed by atoms with Crippen molar-refractivity contribution in [2.24, 2.45) is 0 Å². The topological polar surface area (TPSA) is 61.6 Å². The van der Waals surface area contributed by atoms with Crippen molar-refractivity contribution < 1.29 is 4.79 Å². The van der Waals surface area contributed by atoms with Crippen LogP contribution < -0.4 is 16.0 Å². The third-order valence-electron chi connectivity index (χ3n) is 3.84. The first-order valence-electron chi connectivity index (χ1n) is 7.13. The Morgan fingerprint density at radius 3 is 2.95 bits per heavy atom. The van der Waals surface area contributed by atoms with E-state index in [2.05, 4.69) is 29.1 Å². The summed E-state index contributed by atoms with van der Waals surface area (Å²) in [6.07, 6.45) is 2.23. The molecule has 112 valence electrons. The molecule has 2 heterocycles. The third-order valence-corrected chi connectivity index (χ3v) is 5.02. The Labute approximate surface area is 124 Å². The summed E-state index contributed by atoms with van der Waals surface area (Å²) in [5.74, 6) is -0.0984. The molecule has 6 heteroatoms. The first-order valence-corrected chi connectivity index (χ1v) is 7.95. The van der Waals surface area contributed by atoms with Crippen molar-refractivity contribution in [2.75, 3.05) is 44.4 Å². The van der Waals surface area contributed by atoms with Crippen LogP contribution in [0.25, 0.3) is 0 Å². The van der Waals surface area contributed by atoms with E-state index in [0.717, 1.165) is 37.5 Å². The number of rotatable bonds is 3. The van der Waals surface area contributed by atoms with Gasteiger partial charge in [0, 0.05) is 26.2 Å². The quantitative estimate of drug-likeness (QED) is 0.889. The fourth-order valence-electron chi connectivity index (χ4n) is 2.71. The van der Waals surface area contributed by atoms with Gasteiger partial charge >= 0.3 is 0 Å². The third kappa shape index (κ3) is 3.07. The molecular formula is C14H24N4OS. The second-order valence-corrected chi connectivity index (χ2v) is 6.35. The molecule has 0 radical (unpaired) electrons. The minimum absolute atomic E-state index is 0.0984. The van der Waals surface area contributed by atoms with Gasteiger partial charge in [0.05, 0.1) is 10.7 Å². The number of amides is 1. The van der Waals surface area contributed by atoms with Crippen LogP contribution in [-0.2, 0) is 0 Å². The Kier molecular flexibility index (Phi) is 4.88. The predicted octanol–water partition coefficient (Wildman–Crippen LogP) is 1.61. The molecule has 1 unspecified atom stereocenters. The van der Waals surface area contributed by atoms with Gasteiger partial charge in [-0.25, -0.2) is 0 Å². The van der Waals surface area contributed by atoms with E-state index < -0.39 is 0 Å². The zero-order valence-electron chi connectivity index (χ0n) is 12.5. The molecule has 5 nitrogen and oxygen atoms in total. The number of nitrogens with one attached hydrogen (secondary N) is 1. The van der Waals surface area contributed by atoms with Gasteiger partial charge in [-0.1, -0.05) is 6.92 Å². The maximum Gasteiger partial charge on any atom is 0.263 e. The van der Waals surface area contributed by atoms with E-state index in [0.29, 0.717) is 16.6 Å². The maximum atomic E-state index is 11.8. The van der Waals surface area contributed by atoms with Gasteiger partial charge in [-0.3, -0.25) is 4.79 Å². The van der Waals surface area contributed by atoms with Crippen LogP contribution in [0.3, 0.4) is 0 Å². The number of anilines is 2. The van der Waals surface area contributed by atoms with E-state index >= 15 is 0 Å². The molecule has 0 aromatic carbocycles. The van der Waals surface area contributed by atoms with Crippen molar-refractivity contribution in [1.82, 2.24) is 10.2 Å². The normalized spacial score (nSPS) is 20.8. The van der Waals surface area contributed by atoms with Crippen LogP contribution >= 0.6 is 11.3 Å². The summed E-state index contributed by atoms with van der Waals surface area (Å²) < 4.78 is 0. The number of carbonyl (C=O) groups is 1. The van der Waals surface area contributed by atoms with Gasteiger partial charge in [-0.2, -0.15) is 0 Å². The number of likely N-dealkylation sites (N-methyl/N-ethyl adjacent to an activating group) is 1. The summed E-state index contributed by atoms with van der Waals surface area (Å²) >= 11 is 1.50. The lowest BCUT2D eigenvalue weighted by Crippen LogP contribution is -2.39. The van der Waals surface area contributed by atoms with Crippen LogP contribution in [0.2, 0.25) is 0 Å². The Morgan fingerprint density at radius 1 is 1.55 bits per heavy atom. The van der Waals surface area contributed by atoms with Crippen LogP contribution in [-0.4, -0.2) is 50.6 Å². The summed E-state index contributed by atoms with van der Waals surface area (Å²) in [4.78, 5) is 17.2. The number of nitrogens with zero attached hydrogens (tertiary/aromatic N) is 2. The number of thiophene rings is 1. The molecule has 0 spiro atoms. The molecule has 1 aliphatic heterocycles. The SMILES string of the molecule is CCC1CN(C)CCCN1c1cc(N)c(C(=O)NC)s1. The second-order valence-electron chi connectivity index (χ2n) is 5.32. The molecule has 1 aromatic rings. The monoisotopic (exact) mass is 296 g/mol. The molecule has 0 bridgehead atoms. The summed E-state index contributed by atoms with van der Waals surface area (Å²) in [6, 6.07) is 2.43. The van der Waals surface area contributed by atoms with E-state index in [-0.39, 0.29) is 5.91 Å². The highest BCUT2D eigenvalue weighted by Gasteiger charge is 2.25. The number of nitrogens with two attached hydrogens (primary N) is 1. The number of carbonyl (C=O) groups excluding carboxylic acids is 1. The molecule has 0 aliphatic carbocycles. The fraction of sp³-hybridized carbons (Fsp3) is 0.643. The Hall–Kier alpha value is -1.27. The Bertz CT molecular complexity index is 474. The molecular weight excluding hydrogens is 272 g/mol. The van der Waals surface area contributed by atoms with Crippen LogP contribution in [0.5, 0.6) is 0 Å². The molecule has 1 aromatic heterocycles. The van der Waals surface area contributed by atoms with Crippen LogP contribution in [0, 0.1) is 0 Å². The summed E-state index contributed by atoms with van der Waals surface area (Å²) in [7, 11) is 3.81. The number of hydrogen-bond donors (Lipinski definition) is 2. The molecule has 1 atom stereocenters. The van der Waals surface area contributed by atoms with Gasteiger partial charge in [0.1, 0.15) is 4.88 Å². The molecule has 3 N–H and O–H groups in total. The van der Waals surface area contributed by atoms with Gasteiger partial charge in [-0.15, -0.1) is 11.3 Å². The second kappa shape index (κ2) is 6.45. The predicted molar refractivity (Wildman–Crippen MR) is 85.7 cm³/mol. The van der Waals surface area contributed by atoms with Crippen molar-refractivity contribution in [2.45, 2.75) is 25.8 Å². The molecule has 1 fully saturated rings. The molecule has 1 amide bonds. The van der Waals surface area contributed by atoms with Crippen molar-refractivity contribution in [3.8, 4) is 0 Å². The summed E-state index contributed by atoms with van der Waals surface area (Å²) in [5, 5.41) is 3.76. The number of hydrogen-bond acceptors (Lipinski definition) is 5. The lowest BCUT2D eigenvalue weighted by atomic mass is 10.2. The van der Waals surface area contributed by atoms with Crippen molar-refractivity contribution in [3.63, 3.8) is 0 Å². The molecule has 1 saturated heterocycles. The molecule has 1 aliphatic rings. The Morgan fingerprint density at radius 2 is 2.30 bits per heavy atom. The Balaban J connectivity index is 2.26. The smallest absolute Gasteiger partial charge is 0.263 e. The van der Waals surface area contributed by atoms with E-state index in [1.807, 2.05) is 6.07 Å². The largest absolute Gasteiger partial charge is 0.397 e. The summed E-state index contributed by atoms with van der Waals surface area (Å²) in [6.45, 7) is 5.42. The highest BCUT2D eigenvalue weighted by molar-refractivity contribution is 7.18. The molecule has 20 heavy (non-hydrogen) atoms. The summed E-state index contributed by atoms with van der Waals surface area (Å²) in [5.41, 5.74) is 6.57. The van der Waals surface area contributed by atoms with Crippen LogP contribution in [0.4, 0.5) is 10.7 Å². The molecule has 2 rings (SSSR count). The van der Waals surface area contributed by atoms with E-state index in [9.17, 15) is 4.79 Å². The first kappa shape index (κ1) is 15.1. The maximum absolute atomic E-state index is 11.8. The highest BCUT2D eigenvalue weighted by Crippen LogP contribution is 2.34. The first-order chi connectivity index (χ1) is 9.56. The fourth-order valence-corrected chi connectivity index (χ4v) is 3.83. The van der Waals surface area contributed by atoms with Crippen LogP contribution in [0.1, 0.15) is 29.4 Å². The average molecular weight is 296 g/mol. The van der Waals surface area contributed by atoms with Crippen molar-refractivity contribution >= 4 is 27.9 Å².